The summed E-state index contributed by atoms with van der Waals surface area (Å²) >= 11 is 12.7. The van der Waals surface area contributed by atoms with Gasteiger partial charge in [0.05, 0.1) is 10.0 Å². The van der Waals surface area contributed by atoms with Gasteiger partial charge in [-0.3, -0.25) is 4.79 Å². The average molecular weight is 336 g/mol. The molecule has 0 bridgehead atoms. The van der Waals surface area contributed by atoms with Gasteiger partial charge >= 0.3 is 0 Å². The highest BCUT2D eigenvalue weighted by molar-refractivity contribution is 6.42. The van der Waals surface area contributed by atoms with Gasteiger partial charge in [-0.25, -0.2) is 0 Å². The van der Waals surface area contributed by atoms with E-state index in [1.165, 1.54) is 5.57 Å². The lowest BCUT2D eigenvalue weighted by Gasteiger charge is -2.35. The monoisotopic (exact) mass is 335 g/mol. The number of rotatable bonds is 2. The lowest BCUT2D eigenvalue weighted by molar-refractivity contribution is -0.116. The molecule has 116 valence electrons. The van der Waals surface area contributed by atoms with Crippen molar-refractivity contribution in [1.82, 2.24) is 5.32 Å². The highest BCUT2D eigenvalue weighted by Crippen LogP contribution is 2.46. The Morgan fingerprint density at radius 1 is 1.27 bits per heavy atom. The van der Waals surface area contributed by atoms with Crippen LogP contribution in [0.25, 0.3) is 0 Å². The standard InChI is InChI=1S/C18H19Cl2NO/c1-3-11-10(2)21-14-8-5-9-15(22)17(14)16(11)12-6-4-7-13(19)18(12)20/h4,6-7,16,21H,3,5,8-9H2,1-2H3. The molecule has 1 aliphatic heterocycles. The van der Waals surface area contributed by atoms with Gasteiger partial charge in [0.1, 0.15) is 0 Å². The van der Waals surface area contributed by atoms with E-state index in [9.17, 15) is 4.79 Å². The van der Waals surface area contributed by atoms with Gasteiger partial charge in [0.15, 0.2) is 5.78 Å². The van der Waals surface area contributed by atoms with Gasteiger partial charge in [-0.15, -0.1) is 0 Å². The molecule has 0 aromatic heterocycles. The molecule has 1 heterocycles. The van der Waals surface area contributed by atoms with E-state index < -0.39 is 0 Å². The second-order valence-corrected chi connectivity index (χ2v) is 6.66. The van der Waals surface area contributed by atoms with Crippen LogP contribution in [0.5, 0.6) is 0 Å². The van der Waals surface area contributed by atoms with Crippen LogP contribution in [-0.2, 0) is 4.79 Å². The first-order valence-electron chi connectivity index (χ1n) is 7.71. The first-order chi connectivity index (χ1) is 10.5. The predicted molar refractivity (Wildman–Crippen MR) is 91.2 cm³/mol. The zero-order chi connectivity index (χ0) is 15.9. The molecule has 1 unspecified atom stereocenters. The molecule has 0 fully saturated rings. The molecular formula is C18H19Cl2NO. The van der Waals surface area contributed by atoms with E-state index in [-0.39, 0.29) is 11.7 Å². The SMILES string of the molecule is CCC1=C(C)NC2=C(C(=O)CCC2)C1c1cccc(Cl)c1Cl. The number of halogens is 2. The highest BCUT2D eigenvalue weighted by Gasteiger charge is 2.35. The van der Waals surface area contributed by atoms with Crippen molar-refractivity contribution >= 4 is 29.0 Å². The zero-order valence-corrected chi connectivity index (χ0v) is 14.3. The summed E-state index contributed by atoms with van der Waals surface area (Å²) in [5, 5.41) is 4.54. The molecule has 22 heavy (non-hydrogen) atoms. The first kappa shape index (κ1) is 15.6. The van der Waals surface area contributed by atoms with E-state index >= 15 is 0 Å². The van der Waals surface area contributed by atoms with E-state index in [0.29, 0.717) is 16.5 Å². The van der Waals surface area contributed by atoms with Gasteiger partial charge in [-0.05, 0) is 43.4 Å². The predicted octanol–water partition coefficient (Wildman–Crippen LogP) is 5.37. The topological polar surface area (TPSA) is 29.1 Å². The number of hydrogen-bond acceptors (Lipinski definition) is 2. The third kappa shape index (κ3) is 2.49. The molecule has 1 N–H and O–H groups in total. The number of allylic oxidation sites excluding steroid dienone is 4. The number of nitrogens with one attached hydrogen (secondary N) is 1. The molecule has 0 saturated carbocycles. The van der Waals surface area contributed by atoms with Crippen molar-refractivity contribution in [3.63, 3.8) is 0 Å². The number of dihydropyridines is 1. The Hall–Kier alpha value is -1.25. The summed E-state index contributed by atoms with van der Waals surface area (Å²) in [4.78, 5) is 12.6. The van der Waals surface area contributed by atoms with Crippen molar-refractivity contribution in [1.29, 1.82) is 0 Å². The maximum absolute atomic E-state index is 12.6. The molecule has 2 nitrogen and oxygen atoms in total. The number of ketones is 1. The Balaban J connectivity index is 2.22. The molecule has 1 atom stereocenters. The molecule has 1 aromatic carbocycles. The average Bonchev–Trinajstić information content (AvgIpc) is 2.49. The molecule has 1 aliphatic carbocycles. The van der Waals surface area contributed by atoms with Crippen LogP contribution in [0.1, 0.15) is 51.0 Å². The van der Waals surface area contributed by atoms with E-state index in [2.05, 4.69) is 19.2 Å². The number of benzene rings is 1. The molecule has 2 aliphatic rings. The summed E-state index contributed by atoms with van der Waals surface area (Å²) in [5.41, 5.74) is 5.25. The summed E-state index contributed by atoms with van der Waals surface area (Å²) in [5.74, 6) is 0.161. The Bertz CT molecular complexity index is 703. The normalized spacial score (nSPS) is 21.8. The molecular weight excluding hydrogens is 317 g/mol. The maximum Gasteiger partial charge on any atom is 0.161 e. The minimum atomic E-state index is -0.0692. The van der Waals surface area contributed by atoms with Gasteiger partial charge < -0.3 is 5.32 Å². The van der Waals surface area contributed by atoms with Gasteiger partial charge in [0, 0.05) is 29.3 Å². The Morgan fingerprint density at radius 2 is 2.05 bits per heavy atom. The molecule has 0 amide bonds. The van der Waals surface area contributed by atoms with E-state index in [4.69, 9.17) is 23.2 Å². The fourth-order valence-electron chi connectivity index (χ4n) is 3.58. The van der Waals surface area contributed by atoms with Gasteiger partial charge in [0.2, 0.25) is 0 Å². The minimum absolute atomic E-state index is 0.0692. The second-order valence-electron chi connectivity index (χ2n) is 5.87. The molecule has 3 rings (SSSR count). The highest BCUT2D eigenvalue weighted by atomic mass is 35.5. The summed E-state index contributed by atoms with van der Waals surface area (Å²) < 4.78 is 0. The molecule has 0 saturated heterocycles. The third-order valence-electron chi connectivity index (χ3n) is 4.59. The maximum atomic E-state index is 12.6. The quantitative estimate of drug-likeness (QED) is 0.786. The minimum Gasteiger partial charge on any atom is -0.362 e. The van der Waals surface area contributed by atoms with Crippen LogP contribution in [0.2, 0.25) is 10.0 Å². The summed E-state index contributed by atoms with van der Waals surface area (Å²) in [6, 6.07) is 5.68. The van der Waals surface area contributed by atoms with Crippen molar-refractivity contribution in [2.75, 3.05) is 0 Å². The van der Waals surface area contributed by atoms with Gasteiger partial charge in [-0.1, -0.05) is 42.3 Å². The number of carbonyl (C=O) groups is 1. The molecule has 0 spiro atoms. The molecule has 1 aromatic rings. The van der Waals surface area contributed by atoms with Crippen molar-refractivity contribution in [3.8, 4) is 0 Å². The van der Waals surface area contributed by atoms with Crippen LogP contribution in [0.4, 0.5) is 0 Å². The van der Waals surface area contributed by atoms with Crippen LogP contribution >= 0.6 is 23.2 Å². The summed E-state index contributed by atoms with van der Waals surface area (Å²) in [6.45, 7) is 4.19. The van der Waals surface area contributed by atoms with Crippen molar-refractivity contribution in [2.45, 2.75) is 45.4 Å². The fraction of sp³-hybridized carbons (Fsp3) is 0.389. The summed E-state index contributed by atoms with van der Waals surface area (Å²) in [6.07, 6.45) is 3.32. The largest absolute Gasteiger partial charge is 0.362 e. The van der Waals surface area contributed by atoms with Crippen LogP contribution in [0, 0.1) is 0 Å². The number of hydrogen-bond donors (Lipinski definition) is 1. The van der Waals surface area contributed by atoms with Crippen LogP contribution in [-0.4, -0.2) is 5.78 Å². The Kier molecular flexibility index (Phi) is 4.33. The molecule has 0 radical (unpaired) electrons. The van der Waals surface area contributed by atoms with E-state index in [1.54, 1.807) is 6.07 Å². The fourth-order valence-corrected chi connectivity index (χ4v) is 4.00. The lowest BCUT2D eigenvalue weighted by atomic mass is 9.74. The zero-order valence-electron chi connectivity index (χ0n) is 12.8. The van der Waals surface area contributed by atoms with E-state index in [0.717, 1.165) is 41.8 Å². The number of carbonyl (C=O) groups excluding carboxylic acids is 1. The van der Waals surface area contributed by atoms with Gasteiger partial charge in [-0.2, -0.15) is 0 Å². The van der Waals surface area contributed by atoms with Crippen molar-refractivity contribution in [3.05, 3.63) is 56.3 Å². The second kappa shape index (κ2) is 6.10. The Labute approximate surface area is 141 Å². The van der Waals surface area contributed by atoms with Crippen molar-refractivity contribution < 1.29 is 4.79 Å². The van der Waals surface area contributed by atoms with Crippen LogP contribution < -0.4 is 5.32 Å². The first-order valence-corrected chi connectivity index (χ1v) is 8.47. The van der Waals surface area contributed by atoms with Gasteiger partial charge in [0.25, 0.3) is 0 Å². The number of Topliss-reactive ketones (excluding diaryl/α,β-unsaturated/α-hetero) is 1. The van der Waals surface area contributed by atoms with Crippen LogP contribution in [0.15, 0.2) is 40.7 Å². The molecule has 4 heteroatoms. The van der Waals surface area contributed by atoms with E-state index in [1.807, 2.05) is 12.1 Å². The summed E-state index contributed by atoms with van der Waals surface area (Å²) in [7, 11) is 0. The van der Waals surface area contributed by atoms with Crippen molar-refractivity contribution in [2.24, 2.45) is 0 Å². The third-order valence-corrected chi connectivity index (χ3v) is 5.42. The lowest BCUT2D eigenvalue weighted by Crippen LogP contribution is -2.31. The Morgan fingerprint density at radius 3 is 2.77 bits per heavy atom. The van der Waals surface area contributed by atoms with Crippen LogP contribution in [0.3, 0.4) is 0 Å². The smallest absolute Gasteiger partial charge is 0.161 e.